The maximum Gasteiger partial charge on any atom is 0.326 e. The van der Waals surface area contributed by atoms with Crippen molar-refractivity contribution in [2.75, 3.05) is 52.7 Å². The van der Waals surface area contributed by atoms with E-state index in [1.807, 2.05) is 38.8 Å². The zero-order valence-corrected chi connectivity index (χ0v) is 27.5. The van der Waals surface area contributed by atoms with Gasteiger partial charge in [-0.25, -0.2) is 13.4 Å². The molecule has 1 atom stereocenters. The van der Waals surface area contributed by atoms with Gasteiger partial charge in [0.1, 0.15) is 19.2 Å². The van der Waals surface area contributed by atoms with E-state index in [2.05, 4.69) is 30.4 Å². The number of carbonyl (C=O) groups is 2. The van der Waals surface area contributed by atoms with E-state index < -0.39 is 27.9 Å². The second-order valence-corrected chi connectivity index (χ2v) is 13.8. The minimum atomic E-state index is -4.12. The molecule has 45 heavy (non-hydrogen) atoms. The summed E-state index contributed by atoms with van der Waals surface area (Å²) >= 11 is 0. The summed E-state index contributed by atoms with van der Waals surface area (Å²) in [6.07, 6.45) is 5.94. The van der Waals surface area contributed by atoms with Crippen LogP contribution in [-0.4, -0.2) is 98.0 Å². The van der Waals surface area contributed by atoms with E-state index in [1.165, 1.54) is 0 Å². The first kappa shape index (κ1) is 33.6. The molecule has 4 aromatic rings. The Morgan fingerprint density at radius 2 is 1.82 bits per heavy atom. The first-order chi connectivity index (χ1) is 21.2. The van der Waals surface area contributed by atoms with Gasteiger partial charge in [-0.05, 0) is 56.5 Å². The molecular formula is C31H43N8O5S+. The van der Waals surface area contributed by atoms with Crippen LogP contribution in [-0.2, 0) is 26.1 Å². The molecule has 0 aliphatic carbocycles. The molecule has 13 nitrogen and oxygen atoms in total. The number of carbonyl (C=O) groups excluding carboxylic acids is 2. The molecule has 1 unspecified atom stereocenters. The lowest BCUT2D eigenvalue weighted by molar-refractivity contribution is -0.870. The Kier molecular flexibility index (Phi) is 10.6. The zero-order chi connectivity index (χ0) is 32.8. The van der Waals surface area contributed by atoms with Crippen LogP contribution in [0.1, 0.15) is 33.5 Å². The second-order valence-electron chi connectivity index (χ2n) is 12.2. The average molecular weight is 640 g/mol. The van der Waals surface area contributed by atoms with Gasteiger partial charge in [0.15, 0.2) is 5.95 Å². The zero-order valence-electron chi connectivity index (χ0n) is 26.7. The van der Waals surface area contributed by atoms with Crippen LogP contribution in [0.5, 0.6) is 0 Å². The number of nitrogens with one attached hydrogen (secondary N) is 4. The van der Waals surface area contributed by atoms with E-state index in [9.17, 15) is 18.0 Å². The second kappa shape index (κ2) is 14.2. The predicted octanol–water partition coefficient (Wildman–Crippen LogP) is 2.51. The molecule has 0 aliphatic rings. The van der Waals surface area contributed by atoms with E-state index in [0.717, 1.165) is 22.9 Å². The van der Waals surface area contributed by atoms with Gasteiger partial charge in [0, 0.05) is 43.0 Å². The number of benzene rings is 2. The lowest BCUT2D eigenvalue weighted by atomic mass is 10.1. The number of amides is 1. The number of fused-ring (bicyclic) bond motifs is 1. The first-order valence-corrected chi connectivity index (χ1v) is 16.3. The average Bonchev–Trinajstić information content (AvgIpc) is 3.61. The van der Waals surface area contributed by atoms with Crippen molar-refractivity contribution >= 4 is 38.8 Å². The quantitative estimate of drug-likeness (QED) is 0.0877. The molecule has 2 aromatic heterocycles. The molecule has 0 fully saturated rings. The number of quaternary nitrogens is 1. The van der Waals surface area contributed by atoms with Gasteiger partial charge in [0.2, 0.25) is 10.0 Å². The molecular weight excluding hydrogens is 596 g/mol. The van der Waals surface area contributed by atoms with E-state index in [0.29, 0.717) is 46.8 Å². The van der Waals surface area contributed by atoms with Crippen molar-refractivity contribution in [1.29, 1.82) is 0 Å². The number of aryl methyl sites for hydroxylation is 4. The highest BCUT2D eigenvalue weighted by molar-refractivity contribution is 7.89. The van der Waals surface area contributed by atoms with Gasteiger partial charge in [-0.2, -0.15) is 9.82 Å². The van der Waals surface area contributed by atoms with Crippen molar-refractivity contribution < 1.29 is 27.2 Å². The summed E-state index contributed by atoms with van der Waals surface area (Å²) < 4.78 is 37.4. The van der Waals surface area contributed by atoms with Crippen LogP contribution in [0, 0.1) is 20.8 Å². The number of nitrogens with zero attached hydrogens (tertiary/aromatic N) is 4. The van der Waals surface area contributed by atoms with Crippen molar-refractivity contribution in [1.82, 2.24) is 29.8 Å². The number of ether oxygens (including phenoxy) is 1. The third-order valence-electron chi connectivity index (χ3n) is 7.17. The Labute approximate surface area is 264 Å². The molecule has 2 heterocycles. The van der Waals surface area contributed by atoms with Crippen molar-refractivity contribution in [2.45, 2.75) is 44.7 Å². The number of aromatic nitrogens is 4. The number of hydrogen-bond acceptors (Lipinski definition) is 8. The van der Waals surface area contributed by atoms with Crippen molar-refractivity contribution in [3.63, 3.8) is 0 Å². The standard InChI is InChI=1S/C31H42N8O5S/c1-21-16-22(2)28(23(3)17-21)45(42,43)37-26(30(41)44-15-14-39(4,5)6)20-35-29(40)24-8-9-27-25(18-24)19-36-38(27)13-7-10-32-31-33-11-12-34-31/h8-9,11-12,16-19,26,37H,7,10,13-15,20H2,1-6H3,(H2-,32,33,34,35,40)/p+1. The summed E-state index contributed by atoms with van der Waals surface area (Å²) in [7, 11) is 1.74. The predicted molar refractivity (Wildman–Crippen MR) is 172 cm³/mol. The maximum absolute atomic E-state index is 13.5. The van der Waals surface area contributed by atoms with Gasteiger partial charge < -0.3 is 24.8 Å². The fourth-order valence-corrected chi connectivity index (χ4v) is 6.67. The highest BCUT2D eigenvalue weighted by atomic mass is 32.2. The van der Waals surface area contributed by atoms with Gasteiger partial charge in [-0.15, -0.1) is 0 Å². The number of hydrogen-bond donors (Lipinski definition) is 4. The summed E-state index contributed by atoms with van der Waals surface area (Å²) in [6, 6.07) is 7.41. The summed E-state index contributed by atoms with van der Waals surface area (Å²) in [5.74, 6) is -0.518. The number of aromatic amines is 1. The monoisotopic (exact) mass is 639 g/mol. The van der Waals surface area contributed by atoms with Crippen molar-refractivity contribution in [3.8, 4) is 0 Å². The Morgan fingerprint density at radius 1 is 1.09 bits per heavy atom. The molecule has 0 spiro atoms. The molecule has 2 aromatic carbocycles. The fraction of sp³-hybridized carbons (Fsp3) is 0.419. The molecule has 0 aliphatic heterocycles. The van der Waals surface area contributed by atoms with Gasteiger partial charge in [0.05, 0.1) is 37.8 Å². The normalized spacial score (nSPS) is 12.7. The Hall–Kier alpha value is -4.27. The minimum absolute atomic E-state index is 0.0939. The van der Waals surface area contributed by atoms with Crippen LogP contribution in [0.2, 0.25) is 0 Å². The molecule has 0 radical (unpaired) electrons. The lowest BCUT2D eigenvalue weighted by Crippen LogP contribution is -2.50. The van der Waals surface area contributed by atoms with E-state index in [-0.39, 0.29) is 18.0 Å². The molecule has 0 saturated heterocycles. The van der Waals surface area contributed by atoms with Crippen LogP contribution in [0.25, 0.3) is 10.9 Å². The third-order valence-corrected chi connectivity index (χ3v) is 8.95. The fourth-order valence-electron chi connectivity index (χ4n) is 5.03. The summed E-state index contributed by atoms with van der Waals surface area (Å²) in [5, 5.41) is 11.2. The molecule has 1 amide bonds. The minimum Gasteiger partial charge on any atom is -0.458 e. The van der Waals surface area contributed by atoms with Gasteiger partial charge in [0.25, 0.3) is 5.91 Å². The van der Waals surface area contributed by atoms with E-state index in [4.69, 9.17) is 4.74 Å². The highest BCUT2D eigenvalue weighted by Gasteiger charge is 2.30. The molecule has 14 heteroatoms. The highest BCUT2D eigenvalue weighted by Crippen LogP contribution is 2.22. The summed E-state index contributed by atoms with van der Waals surface area (Å²) in [6.45, 7) is 7.00. The van der Waals surface area contributed by atoms with Crippen LogP contribution in [0.3, 0.4) is 0 Å². The van der Waals surface area contributed by atoms with Crippen molar-refractivity contribution in [2.24, 2.45) is 0 Å². The van der Waals surface area contributed by atoms with E-state index >= 15 is 0 Å². The lowest BCUT2D eigenvalue weighted by Gasteiger charge is -2.24. The summed E-state index contributed by atoms with van der Waals surface area (Å²) in [5.41, 5.74) is 3.27. The molecule has 242 valence electrons. The first-order valence-electron chi connectivity index (χ1n) is 14.8. The third kappa shape index (κ3) is 9.12. The number of rotatable bonds is 15. The number of imidazole rings is 1. The number of H-pyrrole nitrogens is 1. The molecule has 4 N–H and O–H groups in total. The van der Waals surface area contributed by atoms with Crippen LogP contribution < -0.4 is 15.4 Å². The maximum atomic E-state index is 13.5. The number of likely N-dealkylation sites (N-methyl/N-ethyl adjacent to an activating group) is 1. The Balaban J connectivity index is 1.44. The van der Waals surface area contributed by atoms with Crippen molar-refractivity contribution in [3.05, 3.63) is 71.2 Å². The SMILES string of the molecule is Cc1cc(C)c(S(=O)(=O)NC(CNC(=O)c2ccc3c(cnn3CCCNc3ncc[nH]3)c2)C(=O)OCC[N+](C)(C)C)c(C)c1. The van der Waals surface area contributed by atoms with Crippen LogP contribution in [0.15, 0.2) is 53.8 Å². The largest absolute Gasteiger partial charge is 0.458 e. The topological polar surface area (TPSA) is 160 Å². The Bertz CT molecular complexity index is 1720. The van der Waals surface area contributed by atoms with Crippen LogP contribution >= 0.6 is 0 Å². The molecule has 4 rings (SSSR count). The van der Waals surface area contributed by atoms with E-state index in [1.54, 1.807) is 56.7 Å². The van der Waals surface area contributed by atoms with Gasteiger partial charge >= 0.3 is 5.97 Å². The Morgan fingerprint density at radius 3 is 2.49 bits per heavy atom. The van der Waals surface area contributed by atoms with Gasteiger partial charge in [-0.3, -0.25) is 14.3 Å². The molecule has 0 saturated carbocycles. The van der Waals surface area contributed by atoms with Crippen LogP contribution in [0.4, 0.5) is 5.95 Å². The smallest absolute Gasteiger partial charge is 0.326 e. The number of anilines is 1. The van der Waals surface area contributed by atoms with Gasteiger partial charge in [-0.1, -0.05) is 17.7 Å². The summed E-state index contributed by atoms with van der Waals surface area (Å²) in [4.78, 5) is 33.6. The molecule has 0 bridgehead atoms. The number of esters is 1. The number of sulfonamides is 1.